The smallest absolute Gasteiger partial charge is 0.359 e. The number of benzene rings is 2. The third kappa shape index (κ3) is 3.75. The number of methoxy groups -OCH3 is 1. The average Bonchev–Trinajstić information content (AvgIpc) is 3.47. The van der Waals surface area contributed by atoms with Gasteiger partial charge in [0.15, 0.2) is 17.2 Å². The quantitative estimate of drug-likeness (QED) is 0.553. The highest BCUT2D eigenvalue weighted by Crippen LogP contribution is 2.34. The number of hydrogen-bond acceptors (Lipinski definition) is 7. The molecule has 0 spiro atoms. The van der Waals surface area contributed by atoms with Crippen LogP contribution in [0, 0.1) is 0 Å². The molecular formula is C24H23N3O6. The molecule has 0 saturated carbocycles. The highest BCUT2D eigenvalue weighted by atomic mass is 16.7. The highest BCUT2D eigenvalue weighted by molar-refractivity contribution is 5.95. The van der Waals surface area contributed by atoms with E-state index in [-0.39, 0.29) is 31.5 Å². The van der Waals surface area contributed by atoms with E-state index >= 15 is 0 Å². The van der Waals surface area contributed by atoms with Gasteiger partial charge < -0.3 is 23.8 Å². The van der Waals surface area contributed by atoms with Crippen molar-refractivity contribution in [2.45, 2.75) is 19.9 Å². The van der Waals surface area contributed by atoms with Crippen LogP contribution in [-0.2, 0) is 17.7 Å². The molecule has 33 heavy (non-hydrogen) atoms. The summed E-state index contributed by atoms with van der Waals surface area (Å²) in [5, 5.41) is 4.58. The van der Waals surface area contributed by atoms with Crippen LogP contribution in [0.15, 0.2) is 42.5 Å². The van der Waals surface area contributed by atoms with E-state index in [9.17, 15) is 9.59 Å². The normalized spacial score (nSPS) is 14.1. The van der Waals surface area contributed by atoms with Crippen LogP contribution in [-0.4, -0.2) is 53.6 Å². The average molecular weight is 449 g/mol. The van der Waals surface area contributed by atoms with Gasteiger partial charge in [-0.3, -0.25) is 4.79 Å². The standard InChI is InChI=1S/C24H23N3O6/c1-3-31-24(29)22-18-13-26(23(28)15-4-9-20-21(12-15)33-14-32-20)11-10-19(18)27(25-22)16-5-7-17(30-2)8-6-16/h4-9,12H,3,10-11,13-14H2,1-2H3. The summed E-state index contributed by atoms with van der Waals surface area (Å²) in [5.74, 6) is 1.26. The Kier molecular flexibility index (Phi) is 5.37. The Bertz CT molecular complexity index is 1220. The first kappa shape index (κ1) is 20.9. The van der Waals surface area contributed by atoms with Gasteiger partial charge in [0.05, 0.1) is 31.6 Å². The highest BCUT2D eigenvalue weighted by Gasteiger charge is 2.32. The van der Waals surface area contributed by atoms with E-state index in [2.05, 4.69) is 5.10 Å². The van der Waals surface area contributed by atoms with Crippen molar-refractivity contribution < 1.29 is 28.5 Å². The molecule has 0 unspecified atom stereocenters. The summed E-state index contributed by atoms with van der Waals surface area (Å²) < 4.78 is 23.0. The van der Waals surface area contributed by atoms with Crippen LogP contribution in [0.25, 0.3) is 5.69 Å². The fraction of sp³-hybridized carbons (Fsp3) is 0.292. The van der Waals surface area contributed by atoms with E-state index < -0.39 is 5.97 Å². The summed E-state index contributed by atoms with van der Waals surface area (Å²) in [6, 6.07) is 12.6. The summed E-state index contributed by atoms with van der Waals surface area (Å²) >= 11 is 0. The zero-order chi connectivity index (χ0) is 22.9. The first-order valence-corrected chi connectivity index (χ1v) is 10.7. The molecule has 0 fully saturated rings. The Labute approximate surface area is 190 Å². The van der Waals surface area contributed by atoms with Crippen molar-refractivity contribution in [1.82, 2.24) is 14.7 Å². The first-order chi connectivity index (χ1) is 16.1. The van der Waals surface area contributed by atoms with Crippen molar-refractivity contribution in [3.63, 3.8) is 0 Å². The predicted molar refractivity (Wildman–Crippen MR) is 117 cm³/mol. The van der Waals surface area contributed by atoms with Crippen molar-refractivity contribution >= 4 is 11.9 Å². The predicted octanol–water partition coefficient (Wildman–Crippen LogP) is 2.98. The lowest BCUT2D eigenvalue weighted by atomic mass is 10.0. The Balaban J connectivity index is 1.48. The minimum absolute atomic E-state index is 0.146. The Morgan fingerprint density at radius 3 is 2.64 bits per heavy atom. The second kappa shape index (κ2) is 8.50. The number of fused-ring (bicyclic) bond motifs is 2. The molecule has 1 aromatic heterocycles. The number of rotatable bonds is 5. The fourth-order valence-corrected chi connectivity index (χ4v) is 4.10. The van der Waals surface area contributed by atoms with Crippen LogP contribution in [0.2, 0.25) is 0 Å². The molecule has 1 amide bonds. The van der Waals surface area contributed by atoms with E-state index in [1.165, 1.54) is 0 Å². The van der Waals surface area contributed by atoms with Gasteiger partial charge in [0, 0.05) is 24.1 Å². The van der Waals surface area contributed by atoms with Gasteiger partial charge in [0.25, 0.3) is 5.91 Å². The zero-order valence-electron chi connectivity index (χ0n) is 18.4. The molecule has 5 rings (SSSR count). The minimum atomic E-state index is -0.501. The molecule has 170 valence electrons. The molecule has 2 aliphatic rings. The molecule has 0 N–H and O–H groups in total. The number of ether oxygens (including phenoxy) is 4. The lowest BCUT2D eigenvalue weighted by Crippen LogP contribution is -2.36. The Morgan fingerprint density at radius 1 is 1.09 bits per heavy atom. The van der Waals surface area contributed by atoms with Gasteiger partial charge >= 0.3 is 5.97 Å². The number of amides is 1. The number of hydrogen-bond donors (Lipinski definition) is 0. The van der Waals surface area contributed by atoms with Gasteiger partial charge in [0.1, 0.15) is 5.75 Å². The molecule has 2 aromatic carbocycles. The molecule has 3 heterocycles. The van der Waals surface area contributed by atoms with Crippen molar-refractivity contribution in [3.8, 4) is 22.9 Å². The number of carbonyl (C=O) groups is 2. The molecule has 0 aliphatic carbocycles. The van der Waals surface area contributed by atoms with Gasteiger partial charge in [-0.25, -0.2) is 9.48 Å². The van der Waals surface area contributed by atoms with Crippen molar-refractivity contribution in [3.05, 3.63) is 65.0 Å². The van der Waals surface area contributed by atoms with E-state index in [4.69, 9.17) is 18.9 Å². The van der Waals surface area contributed by atoms with E-state index in [0.717, 1.165) is 17.1 Å². The molecule has 0 radical (unpaired) electrons. The minimum Gasteiger partial charge on any atom is -0.497 e. The number of aromatic nitrogens is 2. The summed E-state index contributed by atoms with van der Waals surface area (Å²) in [5.41, 5.74) is 3.12. The third-order valence-electron chi connectivity index (χ3n) is 5.75. The summed E-state index contributed by atoms with van der Waals surface area (Å²) in [7, 11) is 1.61. The maximum Gasteiger partial charge on any atom is 0.359 e. The second-order valence-electron chi connectivity index (χ2n) is 7.65. The van der Waals surface area contributed by atoms with Crippen molar-refractivity contribution in [2.24, 2.45) is 0 Å². The molecule has 2 aliphatic heterocycles. The van der Waals surface area contributed by atoms with Crippen LogP contribution >= 0.6 is 0 Å². The largest absolute Gasteiger partial charge is 0.497 e. The molecule has 3 aromatic rings. The number of nitrogens with zero attached hydrogens (tertiary/aromatic N) is 3. The lowest BCUT2D eigenvalue weighted by Gasteiger charge is -2.28. The van der Waals surface area contributed by atoms with Gasteiger partial charge in [-0.15, -0.1) is 0 Å². The van der Waals surface area contributed by atoms with E-state index in [0.29, 0.717) is 35.6 Å². The Hall–Kier alpha value is -4.01. The maximum atomic E-state index is 13.2. The van der Waals surface area contributed by atoms with Crippen LogP contribution in [0.4, 0.5) is 0 Å². The van der Waals surface area contributed by atoms with Gasteiger partial charge in [0.2, 0.25) is 6.79 Å². The van der Waals surface area contributed by atoms with E-state index in [1.807, 2.05) is 24.3 Å². The van der Waals surface area contributed by atoms with Crippen LogP contribution < -0.4 is 14.2 Å². The Morgan fingerprint density at radius 2 is 1.88 bits per heavy atom. The summed E-state index contributed by atoms with van der Waals surface area (Å²) in [4.78, 5) is 27.6. The molecule has 0 saturated heterocycles. The van der Waals surface area contributed by atoms with Gasteiger partial charge in [-0.1, -0.05) is 0 Å². The summed E-state index contributed by atoms with van der Waals surface area (Å²) in [6.07, 6.45) is 0.546. The van der Waals surface area contributed by atoms with E-state index in [1.54, 1.807) is 41.8 Å². The van der Waals surface area contributed by atoms with Crippen LogP contribution in [0.5, 0.6) is 17.2 Å². The molecule has 0 bridgehead atoms. The monoisotopic (exact) mass is 449 g/mol. The molecule has 0 atom stereocenters. The zero-order valence-corrected chi connectivity index (χ0v) is 18.4. The van der Waals surface area contributed by atoms with Crippen molar-refractivity contribution in [2.75, 3.05) is 27.1 Å². The molecule has 9 heteroatoms. The third-order valence-corrected chi connectivity index (χ3v) is 5.75. The fourth-order valence-electron chi connectivity index (χ4n) is 4.10. The second-order valence-corrected chi connectivity index (χ2v) is 7.65. The number of carbonyl (C=O) groups excluding carboxylic acids is 2. The summed E-state index contributed by atoms with van der Waals surface area (Å²) in [6.45, 7) is 2.88. The maximum absolute atomic E-state index is 13.2. The van der Waals surface area contributed by atoms with Gasteiger partial charge in [-0.2, -0.15) is 5.10 Å². The van der Waals surface area contributed by atoms with Crippen LogP contribution in [0.1, 0.15) is 39.0 Å². The number of esters is 1. The van der Waals surface area contributed by atoms with Crippen molar-refractivity contribution in [1.29, 1.82) is 0 Å². The first-order valence-electron chi connectivity index (χ1n) is 10.7. The van der Waals surface area contributed by atoms with Gasteiger partial charge in [-0.05, 0) is 49.4 Å². The SMILES string of the molecule is CCOC(=O)c1nn(-c2ccc(OC)cc2)c2c1CN(C(=O)c1ccc3c(c1)OCO3)CC2. The molecule has 9 nitrogen and oxygen atoms in total. The van der Waals surface area contributed by atoms with Crippen LogP contribution in [0.3, 0.4) is 0 Å². The molecular weight excluding hydrogens is 426 g/mol. The topological polar surface area (TPSA) is 92.1 Å². The lowest BCUT2D eigenvalue weighted by molar-refractivity contribution is 0.0513.